The first-order valence-electron chi connectivity index (χ1n) is 18.1. The van der Waals surface area contributed by atoms with Crippen LogP contribution in [-0.2, 0) is 0 Å². The summed E-state index contributed by atoms with van der Waals surface area (Å²) in [6.45, 7) is 0. The first-order valence-corrected chi connectivity index (χ1v) is 18.1. The highest BCUT2D eigenvalue weighted by Gasteiger charge is 2.26. The third kappa shape index (κ3) is 5.95. The standard InChI is InChI=1S/C49H35N3O/c1-3-9-32(10-4-1)35-15-20-37(21-16-35)47-50-48(38-22-17-36(18-23-38)33-11-5-2-6-12-33)52-49(51-47)42-25-27-43-44-30-41(26-28-45(44)53-46(43)31-42)40-24-19-34-13-7-8-14-39(34)29-40/h1-31,47-48,50H,(H,51,52). The van der Waals surface area contributed by atoms with Crippen molar-refractivity contribution in [3.63, 3.8) is 0 Å². The molecule has 8 aromatic carbocycles. The highest BCUT2D eigenvalue weighted by molar-refractivity contribution is 6.09. The van der Waals surface area contributed by atoms with Crippen molar-refractivity contribution in [3.05, 3.63) is 205 Å². The summed E-state index contributed by atoms with van der Waals surface area (Å²) in [4.78, 5) is 5.26. The van der Waals surface area contributed by atoms with Gasteiger partial charge in [0.15, 0.2) is 0 Å². The van der Waals surface area contributed by atoms with Crippen molar-refractivity contribution in [2.75, 3.05) is 0 Å². The molecular weight excluding hydrogens is 647 g/mol. The van der Waals surface area contributed by atoms with E-state index in [0.29, 0.717) is 0 Å². The second-order valence-corrected chi connectivity index (χ2v) is 13.7. The second-order valence-electron chi connectivity index (χ2n) is 13.7. The van der Waals surface area contributed by atoms with E-state index in [-0.39, 0.29) is 12.3 Å². The van der Waals surface area contributed by atoms with Crippen LogP contribution in [0, 0.1) is 0 Å². The van der Waals surface area contributed by atoms with Crippen LogP contribution in [0.15, 0.2) is 197 Å². The van der Waals surface area contributed by atoms with Crippen LogP contribution in [0.2, 0.25) is 0 Å². The van der Waals surface area contributed by atoms with E-state index in [1.54, 1.807) is 0 Å². The number of nitrogens with zero attached hydrogens (tertiary/aromatic N) is 1. The fourth-order valence-electron chi connectivity index (χ4n) is 7.51. The van der Waals surface area contributed by atoms with E-state index in [1.165, 1.54) is 44.2 Å². The molecule has 1 aliphatic rings. The molecule has 1 aromatic heterocycles. The Morgan fingerprint density at radius 1 is 0.396 bits per heavy atom. The summed E-state index contributed by atoms with van der Waals surface area (Å²) in [5.74, 6) is 0.817. The summed E-state index contributed by atoms with van der Waals surface area (Å²) in [5.41, 5.74) is 12.0. The molecule has 53 heavy (non-hydrogen) atoms. The van der Waals surface area contributed by atoms with Crippen molar-refractivity contribution in [3.8, 4) is 33.4 Å². The van der Waals surface area contributed by atoms with Crippen LogP contribution in [0.5, 0.6) is 0 Å². The molecule has 0 fully saturated rings. The van der Waals surface area contributed by atoms with Gasteiger partial charge in [-0.15, -0.1) is 0 Å². The summed E-state index contributed by atoms with van der Waals surface area (Å²) in [7, 11) is 0. The molecule has 2 unspecified atom stereocenters. The maximum absolute atomic E-state index is 6.48. The number of amidine groups is 1. The number of nitrogens with one attached hydrogen (secondary N) is 2. The zero-order valence-electron chi connectivity index (χ0n) is 28.9. The summed E-state index contributed by atoms with van der Waals surface area (Å²) < 4.78 is 6.48. The lowest BCUT2D eigenvalue weighted by Crippen LogP contribution is -2.44. The van der Waals surface area contributed by atoms with Crippen molar-refractivity contribution in [1.82, 2.24) is 10.6 Å². The number of benzene rings is 8. The molecule has 9 aromatic rings. The topological polar surface area (TPSA) is 49.6 Å². The molecule has 0 bridgehead atoms. The lowest BCUT2D eigenvalue weighted by molar-refractivity contribution is 0.409. The van der Waals surface area contributed by atoms with Gasteiger partial charge in [-0.25, -0.2) is 4.99 Å². The number of furan rings is 1. The summed E-state index contributed by atoms with van der Waals surface area (Å²) in [6, 6.07) is 66.5. The van der Waals surface area contributed by atoms with E-state index < -0.39 is 0 Å². The molecule has 0 aliphatic carbocycles. The van der Waals surface area contributed by atoms with Crippen molar-refractivity contribution in [2.24, 2.45) is 4.99 Å². The molecule has 0 spiro atoms. The molecule has 10 rings (SSSR count). The van der Waals surface area contributed by atoms with Crippen LogP contribution in [0.3, 0.4) is 0 Å². The maximum Gasteiger partial charge on any atom is 0.136 e. The summed E-state index contributed by atoms with van der Waals surface area (Å²) >= 11 is 0. The highest BCUT2D eigenvalue weighted by atomic mass is 16.3. The average Bonchev–Trinajstić information content (AvgIpc) is 3.61. The van der Waals surface area contributed by atoms with Gasteiger partial charge < -0.3 is 9.73 Å². The fourth-order valence-corrected chi connectivity index (χ4v) is 7.51. The van der Waals surface area contributed by atoms with Gasteiger partial charge in [0.05, 0.1) is 0 Å². The van der Waals surface area contributed by atoms with E-state index >= 15 is 0 Å². The molecule has 2 atom stereocenters. The average molecular weight is 682 g/mol. The first-order chi connectivity index (χ1) is 26.2. The van der Waals surface area contributed by atoms with E-state index in [9.17, 15) is 0 Å². The zero-order chi connectivity index (χ0) is 35.1. The van der Waals surface area contributed by atoms with E-state index in [1.807, 2.05) is 12.1 Å². The van der Waals surface area contributed by atoms with Gasteiger partial charge in [-0.1, -0.05) is 158 Å². The Kier molecular flexibility index (Phi) is 7.67. The molecule has 2 N–H and O–H groups in total. The molecule has 0 amide bonds. The monoisotopic (exact) mass is 681 g/mol. The zero-order valence-corrected chi connectivity index (χ0v) is 28.9. The smallest absolute Gasteiger partial charge is 0.136 e. The Hall–Kier alpha value is -6.75. The van der Waals surface area contributed by atoms with Crippen LogP contribution < -0.4 is 10.6 Å². The van der Waals surface area contributed by atoms with E-state index in [2.05, 4.69) is 187 Å². The number of aliphatic imine (C=N–C) groups is 1. The molecule has 0 radical (unpaired) electrons. The van der Waals surface area contributed by atoms with Gasteiger partial charge in [-0.3, -0.25) is 5.32 Å². The van der Waals surface area contributed by atoms with Gasteiger partial charge in [0.2, 0.25) is 0 Å². The summed E-state index contributed by atoms with van der Waals surface area (Å²) in [6.07, 6.45) is -0.423. The Morgan fingerprint density at radius 2 is 0.962 bits per heavy atom. The van der Waals surface area contributed by atoms with Gasteiger partial charge in [0, 0.05) is 16.3 Å². The third-order valence-corrected chi connectivity index (χ3v) is 10.4. The third-order valence-electron chi connectivity index (χ3n) is 10.4. The minimum atomic E-state index is -0.259. The normalized spacial score (nSPS) is 15.7. The van der Waals surface area contributed by atoms with Gasteiger partial charge in [-0.05, 0) is 85.6 Å². The molecule has 252 valence electrons. The highest BCUT2D eigenvalue weighted by Crippen LogP contribution is 2.35. The molecule has 2 heterocycles. The number of rotatable bonds is 6. The predicted octanol–water partition coefficient (Wildman–Crippen LogP) is 12.1. The van der Waals surface area contributed by atoms with Crippen molar-refractivity contribution in [2.45, 2.75) is 12.3 Å². The van der Waals surface area contributed by atoms with Crippen LogP contribution in [-0.4, -0.2) is 5.84 Å². The van der Waals surface area contributed by atoms with Crippen LogP contribution in [0.1, 0.15) is 29.0 Å². The predicted molar refractivity (Wildman–Crippen MR) is 219 cm³/mol. The Labute approximate surface area is 308 Å². The minimum Gasteiger partial charge on any atom is -0.456 e. The summed E-state index contributed by atoms with van der Waals surface area (Å²) in [5, 5.41) is 12.2. The molecular formula is C49H35N3O. The lowest BCUT2D eigenvalue weighted by atomic mass is 9.99. The molecule has 4 heteroatoms. The quantitative estimate of drug-likeness (QED) is 0.184. The van der Waals surface area contributed by atoms with E-state index in [4.69, 9.17) is 9.41 Å². The SMILES string of the molecule is c1ccc(-c2ccc(C3N=C(c4ccc5c(c4)oc4ccc(-c6ccc7ccccc7c6)cc45)NC(c4ccc(-c5ccccc5)cc4)N3)cc2)cc1. The molecule has 0 saturated heterocycles. The molecule has 0 saturated carbocycles. The van der Waals surface area contributed by atoms with Crippen LogP contribution >= 0.6 is 0 Å². The molecule has 1 aliphatic heterocycles. The van der Waals surface area contributed by atoms with Crippen molar-refractivity contribution < 1.29 is 4.42 Å². The Morgan fingerprint density at radius 3 is 1.68 bits per heavy atom. The maximum atomic E-state index is 6.48. The Balaban J connectivity index is 1.01. The van der Waals surface area contributed by atoms with Crippen LogP contribution in [0.4, 0.5) is 0 Å². The fraction of sp³-hybridized carbons (Fsp3) is 0.0408. The first kappa shape index (κ1) is 31.0. The Bertz CT molecular complexity index is 2770. The van der Waals surface area contributed by atoms with Gasteiger partial charge >= 0.3 is 0 Å². The van der Waals surface area contributed by atoms with Gasteiger partial charge in [-0.2, -0.15) is 0 Å². The van der Waals surface area contributed by atoms with Crippen molar-refractivity contribution in [1.29, 1.82) is 0 Å². The van der Waals surface area contributed by atoms with E-state index in [0.717, 1.165) is 44.5 Å². The second kappa shape index (κ2) is 13.1. The lowest BCUT2D eigenvalue weighted by Gasteiger charge is -2.32. The van der Waals surface area contributed by atoms with Crippen LogP contribution in [0.25, 0.3) is 66.1 Å². The van der Waals surface area contributed by atoms with Crippen molar-refractivity contribution >= 4 is 38.5 Å². The number of hydrogen-bond acceptors (Lipinski definition) is 4. The number of fused-ring (bicyclic) bond motifs is 4. The van der Waals surface area contributed by atoms with Gasteiger partial charge in [0.1, 0.15) is 29.3 Å². The molecule has 4 nitrogen and oxygen atoms in total. The minimum absolute atomic E-state index is 0.165. The largest absolute Gasteiger partial charge is 0.456 e. The van der Waals surface area contributed by atoms with Gasteiger partial charge in [0.25, 0.3) is 0 Å². The number of hydrogen-bond donors (Lipinski definition) is 2.